The van der Waals surface area contributed by atoms with E-state index in [0.29, 0.717) is 0 Å². The lowest BCUT2D eigenvalue weighted by Gasteiger charge is -2.30. The first kappa shape index (κ1) is 22.3. The highest BCUT2D eigenvalue weighted by molar-refractivity contribution is 7.12. The van der Waals surface area contributed by atoms with Gasteiger partial charge in [-0.15, -0.1) is 11.3 Å². The number of aryl methyl sites for hydroxylation is 1. The quantitative estimate of drug-likeness (QED) is 0.550. The van der Waals surface area contributed by atoms with Crippen LogP contribution in [0.25, 0.3) is 11.1 Å². The molecular weight excluding hydrogens is 416 g/mol. The fourth-order valence-corrected chi connectivity index (χ4v) is 4.97. The zero-order chi connectivity index (χ0) is 22.3. The van der Waals surface area contributed by atoms with Crippen molar-refractivity contribution in [2.24, 2.45) is 5.92 Å². The molecule has 1 saturated heterocycles. The maximum Gasteiger partial charge on any atom is 0.227 e. The van der Waals surface area contributed by atoms with Crippen molar-refractivity contribution < 1.29 is 9.90 Å². The molecular formula is C27H28N2O2S. The minimum atomic E-state index is -0.111. The number of nitrogens with zero attached hydrogens (tertiary/aromatic N) is 1. The minimum absolute atomic E-state index is 0.0528. The molecule has 0 unspecified atom stereocenters. The third-order valence-electron chi connectivity index (χ3n) is 5.79. The smallest absolute Gasteiger partial charge is 0.227 e. The zero-order valence-electron chi connectivity index (χ0n) is 18.3. The molecule has 0 atom stereocenters. The second-order valence-electron chi connectivity index (χ2n) is 8.21. The number of thiophene rings is 1. The fraction of sp³-hybridized carbons (Fsp3) is 0.296. The van der Waals surface area contributed by atoms with Crippen LogP contribution in [0, 0.1) is 24.7 Å². The number of anilines is 1. The SMILES string of the molecule is Cc1cccc(-c2ccc(NC(=O)C3CCN(Cc4ccc(C#CCO)s4)CC3)cc2)c1. The van der Waals surface area contributed by atoms with Crippen LogP contribution in [0.1, 0.15) is 28.2 Å². The van der Waals surface area contributed by atoms with Gasteiger partial charge in [-0.1, -0.05) is 53.8 Å². The Labute approximate surface area is 193 Å². The molecule has 0 saturated carbocycles. The predicted octanol–water partition coefficient (Wildman–Crippen LogP) is 4.92. The molecule has 0 bridgehead atoms. The van der Waals surface area contributed by atoms with E-state index in [9.17, 15) is 4.79 Å². The summed E-state index contributed by atoms with van der Waals surface area (Å²) in [7, 11) is 0. The number of carbonyl (C=O) groups excluding carboxylic acids is 1. The third kappa shape index (κ3) is 5.86. The van der Waals surface area contributed by atoms with Crippen LogP contribution in [0.4, 0.5) is 5.69 Å². The molecule has 0 spiro atoms. The van der Waals surface area contributed by atoms with Gasteiger partial charge in [0.15, 0.2) is 0 Å². The molecule has 3 aromatic rings. The van der Waals surface area contributed by atoms with Gasteiger partial charge in [0.1, 0.15) is 6.61 Å². The predicted molar refractivity (Wildman–Crippen MR) is 132 cm³/mol. The maximum atomic E-state index is 12.8. The van der Waals surface area contributed by atoms with Gasteiger partial charge in [0.2, 0.25) is 5.91 Å². The molecule has 32 heavy (non-hydrogen) atoms. The highest BCUT2D eigenvalue weighted by Crippen LogP contribution is 2.25. The van der Waals surface area contributed by atoms with Gasteiger partial charge < -0.3 is 10.4 Å². The van der Waals surface area contributed by atoms with E-state index in [1.54, 1.807) is 11.3 Å². The summed E-state index contributed by atoms with van der Waals surface area (Å²) in [5.74, 6) is 5.82. The molecule has 2 aromatic carbocycles. The number of aliphatic hydroxyl groups excluding tert-OH is 1. The van der Waals surface area contributed by atoms with Gasteiger partial charge in [0, 0.05) is 23.0 Å². The van der Waals surface area contributed by atoms with Crippen LogP contribution in [0.15, 0.2) is 60.7 Å². The van der Waals surface area contributed by atoms with E-state index in [0.717, 1.165) is 48.6 Å². The van der Waals surface area contributed by atoms with Crippen LogP contribution in [0.3, 0.4) is 0 Å². The Bertz CT molecular complexity index is 1120. The van der Waals surface area contributed by atoms with Crippen LogP contribution in [-0.2, 0) is 11.3 Å². The van der Waals surface area contributed by atoms with E-state index in [4.69, 9.17) is 5.11 Å². The van der Waals surface area contributed by atoms with E-state index in [1.165, 1.54) is 16.0 Å². The highest BCUT2D eigenvalue weighted by Gasteiger charge is 2.25. The monoisotopic (exact) mass is 444 g/mol. The second-order valence-corrected chi connectivity index (χ2v) is 9.38. The lowest BCUT2D eigenvalue weighted by Crippen LogP contribution is -2.37. The van der Waals surface area contributed by atoms with Crippen LogP contribution in [0.2, 0.25) is 0 Å². The van der Waals surface area contributed by atoms with Gasteiger partial charge in [0.05, 0.1) is 4.88 Å². The highest BCUT2D eigenvalue weighted by atomic mass is 32.1. The lowest BCUT2D eigenvalue weighted by atomic mass is 9.95. The number of hydrogen-bond donors (Lipinski definition) is 2. The standard InChI is InChI=1S/C27H28N2O2S/c1-20-4-2-5-23(18-20)21-7-9-24(10-8-21)28-27(31)22-13-15-29(16-14-22)19-26-12-11-25(32-26)6-3-17-30/h2,4-5,7-12,18,22,30H,13-17,19H2,1H3,(H,28,31). The molecule has 164 valence electrons. The summed E-state index contributed by atoms with van der Waals surface area (Å²) in [6.07, 6.45) is 1.74. The normalized spacial score (nSPS) is 14.6. The van der Waals surface area contributed by atoms with Gasteiger partial charge in [0.25, 0.3) is 0 Å². The molecule has 5 heteroatoms. The minimum Gasteiger partial charge on any atom is -0.384 e. The van der Waals surface area contributed by atoms with E-state index < -0.39 is 0 Å². The second kappa shape index (κ2) is 10.6. The molecule has 4 nitrogen and oxygen atoms in total. The number of benzene rings is 2. The van der Waals surface area contributed by atoms with Crippen molar-refractivity contribution in [1.29, 1.82) is 0 Å². The molecule has 1 amide bonds. The van der Waals surface area contributed by atoms with Crippen LogP contribution >= 0.6 is 11.3 Å². The van der Waals surface area contributed by atoms with Crippen molar-refractivity contribution >= 4 is 22.9 Å². The van der Waals surface area contributed by atoms with Crippen molar-refractivity contribution in [3.05, 3.63) is 76.0 Å². The summed E-state index contributed by atoms with van der Waals surface area (Å²) >= 11 is 1.67. The summed E-state index contributed by atoms with van der Waals surface area (Å²) in [5, 5.41) is 11.9. The van der Waals surface area contributed by atoms with Crippen molar-refractivity contribution in [3.63, 3.8) is 0 Å². The first-order valence-corrected chi connectivity index (χ1v) is 11.8. The molecule has 0 radical (unpaired) electrons. The maximum absolute atomic E-state index is 12.8. The van der Waals surface area contributed by atoms with E-state index in [-0.39, 0.29) is 18.4 Å². The van der Waals surface area contributed by atoms with Crippen molar-refractivity contribution in [3.8, 4) is 23.0 Å². The Morgan fingerprint density at radius 3 is 2.59 bits per heavy atom. The number of likely N-dealkylation sites (tertiary alicyclic amines) is 1. The molecule has 1 fully saturated rings. The van der Waals surface area contributed by atoms with E-state index in [2.05, 4.69) is 71.4 Å². The topological polar surface area (TPSA) is 52.6 Å². The molecule has 1 aliphatic heterocycles. The number of piperidine rings is 1. The van der Waals surface area contributed by atoms with Gasteiger partial charge in [-0.05, 0) is 68.2 Å². The van der Waals surface area contributed by atoms with Gasteiger partial charge in [-0.2, -0.15) is 0 Å². The van der Waals surface area contributed by atoms with Crippen LogP contribution in [-0.4, -0.2) is 35.6 Å². The average Bonchev–Trinajstić information content (AvgIpc) is 3.26. The Hall–Kier alpha value is -2.91. The number of carbonyl (C=O) groups is 1. The first-order chi connectivity index (χ1) is 15.6. The largest absolute Gasteiger partial charge is 0.384 e. The number of aliphatic hydroxyl groups is 1. The average molecular weight is 445 g/mol. The Balaban J connectivity index is 1.27. The number of nitrogens with one attached hydrogen (secondary N) is 1. The molecule has 1 aromatic heterocycles. The van der Waals surface area contributed by atoms with E-state index in [1.807, 2.05) is 18.2 Å². The Morgan fingerprint density at radius 2 is 1.88 bits per heavy atom. The molecule has 2 heterocycles. The Morgan fingerprint density at radius 1 is 1.09 bits per heavy atom. The van der Waals surface area contributed by atoms with Gasteiger partial charge in [-0.3, -0.25) is 9.69 Å². The lowest BCUT2D eigenvalue weighted by molar-refractivity contribution is -0.121. The number of hydrogen-bond acceptors (Lipinski definition) is 4. The summed E-state index contributed by atoms with van der Waals surface area (Å²) < 4.78 is 0. The zero-order valence-corrected chi connectivity index (χ0v) is 19.1. The molecule has 2 N–H and O–H groups in total. The summed E-state index contributed by atoms with van der Waals surface area (Å²) in [6, 6.07) is 20.6. The fourth-order valence-electron chi connectivity index (χ4n) is 4.05. The third-order valence-corrected chi connectivity index (χ3v) is 6.78. The summed E-state index contributed by atoms with van der Waals surface area (Å²) in [5.41, 5.74) is 4.43. The van der Waals surface area contributed by atoms with E-state index >= 15 is 0 Å². The van der Waals surface area contributed by atoms with Gasteiger partial charge in [-0.25, -0.2) is 0 Å². The van der Waals surface area contributed by atoms with Crippen LogP contribution in [0.5, 0.6) is 0 Å². The van der Waals surface area contributed by atoms with Crippen molar-refractivity contribution in [1.82, 2.24) is 4.90 Å². The number of rotatable bonds is 5. The van der Waals surface area contributed by atoms with Crippen molar-refractivity contribution in [2.45, 2.75) is 26.3 Å². The molecule has 4 rings (SSSR count). The van der Waals surface area contributed by atoms with Gasteiger partial charge >= 0.3 is 0 Å². The van der Waals surface area contributed by atoms with Crippen LogP contribution < -0.4 is 5.32 Å². The first-order valence-electron chi connectivity index (χ1n) is 11.0. The van der Waals surface area contributed by atoms with Crippen molar-refractivity contribution in [2.75, 3.05) is 25.0 Å². The number of amides is 1. The molecule has 0 aliphatic carbocycles. The molecule has 1 aliphatic rings. The summed E-state index contributed by atoms with van der Waals surface area (Å²) in [6.45, 7) is 4.70. The summed E-state index contributed by atoms with van der Waals surface area (Å²) in [4.78, 5) is 17.4. The Kier molecular flexibility index (Phi) is 7.39.